The normalized spacial score (nSPS) is 14.1. The maximum Gasteiger partial charge on any atom is 0.224 e. The molecule has 1 aromatic heterocycles. The van der Waals surface area contributed by atoms with E-state index in [1.54, 1.807) is 18.2 Å². The van der Waals surface area contributed by atoms with Crippen molar-refractivity contribution in [2.24, 2.45) is 0 Å². The van der Waals surface area contributed by atoms with Crippen LogP contribution in [-0.4, -0.2) is 16.2 Å². The van der Waals surface area contributed by atoms with Crippen molar-refractivity contribution in [3.63, 3.8) is 0 Å². The third kappa shape index (κ3) is 3.85. The number of phenolic OH excluding ortho intramolecular Hbond substituents is 1. The molecular weight excluding hydrogens is 336 g/mol. The van der Waals surface area contributed by atoms with E-state index in [2.05, 4.69) is 26.4 Å². The van der Waals surface area contributed by atoms with E-state index in [0.717, 1.165) is 34.3 Å². The molecule has 1 aromatic carbocycles. The average molecular weight is 351 g/mol. The van der Waals surface area contributed by atoms with Gasteiger partial charge in [-0.05, 0) is 36.6 Å². The van der Waals surface area contributed by atoms with Gasteiger partial charge in [0.05, 0.1) is 13.0 Å². The zero-order chi connectivity index (χ0) is 14.8. The quantitative estimate of drug-likeness (QED) is 0.869. The van der Waals surface area contributed by atoms with Gasteiger partial charge in [-0.3, -0.25) is 4.79 Å². The molecular formula is C15H15BrN2O3. The van der Waals surface area contributed by atoms with Crippen molar-refractivity contribution in [2.45, 2.75) is 31.7 Å². The second-order valence-electron chi connectivity index (χ2n) is 5.27. The van der Waals surface area contributed by atoms with E-state index >= 15 is 0 Å². The molecule has 6 heteroatoms. The Kier molecular flexibility index (Phi) is 3.96. The minimum atomic E-state index is -0.122. The molecule has 2 N–H and O–H groups in total. The number of nitrogens with zero attached hydrogens (tertiary/aromatic N) is 1. The highest BCUT2D eigenvalue weighted by molar-refractivity contribution is 9.10. The van der Waals surface area contributed by atoms with Gasteiger partial charge in [-0.15, -0.1) is 0 Å². The lowest BCUT2D eigenvalue weighted by molar-refractivity contribution is -0.120. The Labute approximate surface area is 130 Å². The van der Waals surface area contributed by atoms with E-state index < -0.39 is 0 Å². The minimum Gasteiger partial charge on any atom is -0.508 e. The van der Waals surface area contributed by atoms with E-state index in [0.29, 0.717) is 12.5 Å². The molecule has 0 radical (unpaired) electrons. The second-order valence-corrected chi connectivity index (χ2v) is 6.18. The Bertz CT molecular complexity index is 644. The van der Waals surface area contributed by atoms with Gasteiger partial charge < -0.3 is 14.9 Å². The first-order valence-electron chi connectivity index (χ1n) is 6.81. The van der Waals surface area contributed by atoms with Crippen LogP contribution >= 0.6 is 15.9 Å². The summed E-state index contributed by atoms with van der Waals surface area (Å²) in [6.07, 6.45) is 2.53. The van der Waals surface area contributed by atoms with Gasteiger partial charge in [0.15, 0.2) is 0 Å². The number of hydrogen-bond acceptors (Lipinski definition) is 4. The number of carbonyl (C=O) groups is 1. The standard InChI is InChI=1S/C15H15BrN2O3/c16-11-3-9(4-13(19)6-11)5-15(20)17-8-12-7-14(21-18-12)10-1-2-10/h3-4,6-7,10,19H,1-2,5,8H2,(H,17,20). The van der Waals surface area contributed by atoms with Crippen molar-refractivity contribution in [1.82, 2.24) is 10.5 Å². The maximum atomic E-state index is 11.9. The van der Waals surface area contributed by atoms with Gasteiger partial charge in [0, 0.05) is 16.5 Å². The van der Waals surface area contributed by atoms with Crippen molar-refractivity contribution in [2.75, 3.05) is 0 Å². The number of halogens is 1. The molecule has 110 valence electrons. The summed E-state index contributed by atoms with van der Waals surface area (Å²) in [6, 6.07) is 6.87. The minimum absolute atomic E-state index is 0.122. The average Bonchev–Trinajstić information content (AvgIpc) is 3.14. The Morgan fingerprint density at radius 2 is 2.19 bits per heavy atom. The number of benzene rings is 1. The molecule has 21 heavy (non-hydrogen) atoms. The molecule has 0 unspecified atom stereocenters. The van der Waals surface area contributed by atoms with Crippen LogP contribution in [0.1, 0.15) is 35.8 Å². The summed E-state index contributed by atoms with van der Waals surface area (Å²) in [7, 11) is 0. The van der Waals surface area contributed by atoms with Gasteiger partial charge in [0.2, 0.25) is 5.91 Å². The first kappa shape index (κ1) is 14.1. The molecule has 0 atom stereocenters. The summed E-state index contributed by atoms with van der Waals surface area (Å²) in [4.78, 5) is 11.9. The van der Waals surface area contributed by atoms with Gasteiger partial charge in [-0.25, -0.2) is 0 Å². The lowest BCUT2D eigenvalue weighted by Crippen LogP contribution is -2.24. The number of aromatic nitrogens is 1. The molecule has 3 rings (SSSR count). The second kappa shape index (κ2) is 5.89. The fourth-order valence-corrected chi connectivity index (χ4v) is 2.67. The van der Waals surface area contributed by atoms with Crippen LogP contribution in [0.5, 0.6) is 5.75 Å². The van der Waals surface area contributed by atoms with Crippen molar-refractivity contribution in [1.29, 1.82) is 0 Å². The van der Waals surface area contributed by atoms with E-state index in [1.165, 1.54) is 0 Å². The highest BCUT2D eigenvalue weighted by Crippen LogP contribution is 2.40. The third-order valence-corrected chi connectivity index (χ3v) is 3.79. The number of phenols is 1. The lowest BCUT2D eigenvalue weighted by Gasteiger charge is -2.04. The van der Waals surface area contributed by atoms with Crippen LogP contribution in [0.3, 0.4) is 0 Å². The number of aromatic hydroxyl groups is 1. The number of nitrogens with one attached hydrogen (secondary N) is 1. The van der Waals surface area contributed by atoms with Crippen LogP contribution in [0.15, 0.2) is 33.3 Å². The molecule has 0 aliphatic heterocycles. The molecule has 0 saturated heterocycles. The number of rotatable bonds is 5. The molecule has 1 fully saturated rings. The monoisotopic (exact) mass is 350 g/mol. The topological polar surface area (TPSA) is 75.4 Å². The lowest BCUT2D eigenvalue weighted by atomic mass is 10.1. The SMILES string of the molecule is O=C(Cc1cc(O)cc(Br)c1)NCc1cc(C2CC2)on1. The zero-order valence-electron chi connectivity index (χ0n) is 11.3. The smallest absolute Gasteiger partial charge is 0.224 e. The molecule has 1 heterocycles. The molecule has 1 aliphatic carbocycles. The fraction of sp³-hybridized carbons (Fsp3) is 0.333. The highest BCUT2D eigenvalue weighted by Gasteiger charge is 2.27. The molecule has 2 aromatic rings. The van der Waals surface area contributed by atoms with E-state index in [-0.39, 0.29) is 18.1 Å². The van der Waals surface area contributed by atoms with E-state index in [4.69, 9.17) is 4.52 Å². The van der Waals surface area contributed by atoms with Gasteiger partial charge in [-0.1, -0.05) is 21.1 Å². The Morgan fingerprint density at radius 1 is 1.38 bits per heavy atom. The van der Waals surface area contributed by atoms with Crippen molar-refractivity contribution >= 4 is 21.8 Å². The van der Waals surface area contributed by atoms with Crippen LogP contribution < -0.4 is 5.32 Å². The molecule has 5 nitrogen and oxygen atoms in total. The summed E-state index contributed by atoms with van der Waals surface area (Å²) in [5, 5.41) is 16.2. The van der Waals surface area contributed by atoms with Gasteiger partial charge >= 0.3 is 0 Å². The number of amides is 1. The van der Waals surface area contributed by atoms with Gasteiger partial charge in [0.1, 0.15) is 17.2 Å². The van der Waals surface area contributed by atoms with E-state index in [9.17, 15) is 9.90 Å². The number of hydrogen-bond donors (Lipinski definition) is 2. The predicted molar refractivity (Wildman–Crippen MR) is 79.8 cm³/mol. The molecule has 0 spiro atoms. The van der Waals surface area contributed by atoms with Crippen molar-refractivity contribution in [3.8, 4) is 5.75 Å². The Hall–Kier alpha value is -1.82. The largest absolute Gasteiger partial charge is 0.508 e. The summed E-state index contributed by atoms with van der Waals surface area (Å²) in [5.74, 6) is 1.45. The van der Waals surface area contributed by atoms with Crippen LogP contribution in [-0.2, 0) is 17.8 Å². The first-order valence-corrected chi connectivity index (χ1v) is 7.60. The zero-order valence-corrected chi connectivity index (χ0v) is 12.9. The third-order valence-electron chi connectivity index (χ3n) is 3.33. The Morgan fingerprint density at radius 3 is 2.90 bits per heavy atom. The van der Waals surface area contributed by atoms with Crippen molar-refractivity contribution < 1.29 is 14.4 Å². The van der Waals surface area contributed by atoms with Gasteiger partial charge in [-0.2, -0.15) is 0 Å². The first-order chi connectivity index (χ1) is 10.1. The van der Waals surface area contributed by atoms with Gasteiger partial charge in [0.25, 0.3) is 0 Å². The summed E-state index contributed by atoms with van der Waals surface area (Å²) in [6.45, 7) is 0.356. The van der Waals surface area contributed by atoms with Crippen molar-refractivity contribution in [3.05, 3.63) is 45.8 Å². The van der Waals surface area contributed by atoms with Crippen LogP contribution in [0.4, 0.5) is 0 Å². The molecule has 0 bridgehead atoms. The summed E-state index contributed by atoms with van der Waals surface area (Å²) in [5.41, 5.74) is 1.49. The fourth-order valence-electron chi connectivity index (χ4n) is 2.14. The summed E-state index contributed by atoms with van der Waals surface area (Å²) < 4.78 is 5.98. The number of carbonyl (C=O) groups excluding carboxylic acids is 1. The highest BCUT2D eigenvalue weighted by atomic mass is 79.9. The maximum absolute atomic E-state index is 11.9. The van der Waals surface area contributed by atoms with Crippen LogP contribution in [0, 0.1) is 0 Å². The van der Waals surface area contributed by atoms with E-state index in [1.807, 2.05) is 6.07 Å². The molecule has 1 aliphatic rings. The summed E-state index contributed by atoms with van der Waals surface area (Å²) >= 11 is 3.29. The molecule has 1 saturated carbocycles. The van der Waals surface area contributed by atoms with Crippen LogP contribution in [0.2, 0.25) is 0 Å². The Balaban J connectivity index is 1.53. The predicted octanol–water partition coefficient (Wildman–Crippen LogP) is 2.88. The van der Waals surface area contributed by atoms with Crippen LogP contribution in [0.25, 0.3) is 0 Å². The molecule has 1 amide bonds.